The zero-order valence-electron chi connectivity index (χ0n) is 19.8. The van der Waals surface area contributed by atoms with Gasteiger partial charge < -0.3 is 19.2 Å². The van der Waals surface area contributed by atoms with E-state index in [0.29, 0.717) is 11.0 Å². The van der Waals surface area contributed by atoms with E-state index in [1.54, 1.807) is 6.26 Å². The SMILES string of the molecule is CCCCCCCCCCCC/C=C/OC[C@@H](O)COP(=O)(O)OCC[N+](C)(C)C. The molecular formula is C22H47NO6P+. The Labute approximate surface area is 184 Å². The molecule has 0 saturated carbocycles. The van der Waals surface area contributed by atoms with Crippen molar-refractivity contribution in [3.63, 3.8) is 0 Å². The van der Waals surface area contributed by atoms with E-state index in [-0.39, 0.29) is 19.8 Å². The van der Waals surface area contributed by atoms with Gasteiger partial charge in [0.25, 0.3) is 0 Å². The highest BCUT2D eigenvalue weighted by Crippen LogP contribution is 2.43. The summed E-state index contributed by atoms with van der Waals surface area (Å²) in [5.41, 5.74) is 0. The molecule has 0 aromatic heterocycles. The van der Waals surface area contributed by atoms with Gasteiger partial charge in [0.15, 0.2) is 0 Å². The van der Waals surface area contributed by atoms with Crippen molar-refractivity contribution in [2.24, 2.45) is 0 Å². The monoisotopic (exact) mass is 452 g/mol. The lowest BCUT2D eigenvalue weighted by molar-refractivity contribution is -0.870. The van der Waals surface area contributed by atoms with E-state index >= 15 is 0 Å². The molecule has 180 valence electrons. The number of phosphoric ester groups is 1. The topological polar surface area (TPSA) is 85.2 Å². The Kier molecular flexibility index (Phi) is 17.9. The lowest BCUT2D eigenvalue weighted by Crippen LogP contribution is -2.37. The van der Waals surface area contributed by atoms with Gasteiger partial charge in [0, 0.05) is 0 Å². The zero-order valence-corrected chi connectivity index (χ0v) is 20.7. The third-order valence-corrected chi connectivity index (χ3v) is 5.64. The van der Waals surface area contributed by atoms with Gasteiger partial charge in [-0.25, -0.2) is 4.57 Å². The van der Waals surface area contributed by atoms with Crippen molar-refractivity contribution in [3.05, 3.63) is 12.3 Å². The van der Waals surface area contributed by atoms with Gasteiger partial charge in [-0.15, -0.1) is 0 Å². The highest BCUT2D eigenvalue weighted by molar-refractivity contribution is 7.47. The van der Waals surface area contributed by atoms with Crippen LogP contribution in [0.5, 0.6) is 0 Å². The number of unbranched alkanes of at least 4 members (excludes halogenated alkanes) is 10. The summed E-state index contributed by atoms with van der Waals surface area (Å²) in [6.07, 6.45) is 16.6. The maximum Gasteiger partial charge on any atom is 0.472 e. The van der Waals surface area contributed by atoms with Gasteiger partial charge in [0.2, 0.25) is 0 Å². The number of aliphatic hydroxyl groups is 1. The van der Waals surface area contributed by atoms with Crippen molar-refractivity contribution in [1.29, 1.82) is 0 Å². The van der Waals surface area contributed by atoms with Crippen molar-refractivity contribution < 1.29 is 32.8 Å². The fourth-order valence-electron chi connectivity index (χ4n) is 2.75. The first-order valence-corrected chi connectivity index (χ1v) is 13.0. The molecular weight excluding hydrogens is 405 g/mol. The fraction of sp³-hybridized carbons (Fsp3) is 0.909. The second-order valence-corrected chi connectivity index (χ2v) is 10.4. The van der Waals surface area contributed by atoms with Crippen LogP contribution in [0.3, 0.4) is 0 Å². The van der Waals surface area contributed by atoms with E-state index in [4.69, 9.17) is 13.8 Å². The van der Waals surface area contributed by atoms with Crippen LogP contribution in [0.4, 0.5) is 0 Å². The van der Waals surface area contributed by atoms with Crippen LogP contribution in [0.25, 0.3) is 0 Å². The summed E-state index contributed by atoms with van der Waals surface area (Å²) in [4.78, 5) is 9.59. The molecule has 0 rings (SSSR count). The first-order valence-electron chi connectivity index (χ1n) is 11.5. The van der Waals surface area contributed by atoms with E-state index in [1.165, 1.54) is 57.8 Å². The largest absolute Gasteiger partial charge is 0.499 e. The van der Waals surface area contributed by atoms with Gasteiger partial charge in [-0.2, -0.15) is 0 Å². The number of aliphatic hydroxyl groups excluding tert-OH is 1. The summed E-state index contributed by atoms with van der Waals surface area (Å²) >= 11 is 0. The van der Waals surface area contributed by atoms with E-state index in [0.717, 1.165) is 12.8 Å². The average Bonchev–Trinajstić information content (AvgIpc) is 2.65. The summed E-state index contributed by atoms with van der Waals surface area (Å²) in [7, 11) is 1.72. The molecule has 0 heterocycles. The second-order valence-electron chi connectivity index (χ2n) is 8.94. The van der Waals surface area contributed by atoms with Gasteiger partial charge in [0.05, 0.1) is 34.0 Å². The van der Waals surface area contributed by atoms with Crippen molar-refractivity contribution in [2.45, 2.75) is 83.7 Å². The van der Waals surface area contributed by atoms with Crippen LogP contribution in [0.1, 0.15) is 77.6 Å². The number of allylic oxidation sites excluding steroid dienone is 1. The highest BCUT2D eigenvalue weighted by Gasteiger charge is 2.24. The van der Waals surface area contributed by atoms with Crippen molar-refractivity contribution in [2.75, 3.05) is 47.5 Å². The normalized spacial score (nSPS) is 15.4. The van der Waals surface area contributed by atoms with Crippen LogP contribution < -0.4 is 0 Å². The summed E-state index contributed by atoms with van der Waals surface area (Å²) in [5.74, 6) is 0. The smallest absolute Gasteiger partial charge is 0.472 e. The molecule has 0 aromatic carbocycles. The molecule has 30 heavy (non-hydrogen) atoms. The molecule has 2 atom stereocenters. The summed E-state index contributed by atoms with van der Waals surface area (Å²) in [5, 5.41) is 9.78. The molecule has 0 aromatic rings. The lowest BCUT2D eigenvalue weighted by atomic mass is 10.1. The second kappa shape index (κ2) is 18.2. The lowest BCUT2D eigenvalue weighted by Gasteiger charge is -2.24. The summed E-state index contributed by atoms with van der Waals surface area (Å²) in [6, 6.07) is 0. The average molecular weight is 453 g/mol. The molecule has 0 saturated heterocycles. The van der Waals surface area contributed by atoms with E-state index < -0.39 is 13.9 Å². The van der Waals surface area contributed by atoms with E-state index in [1.807, 2.05) is 27.2 Å². The maximum atomic E-state index is 11.7. The van der Waals surface area contributed by atoms with Gasteiger partial charge in [-0.3, -0.25) is 9.05 Å². The Balaban J connectivity index is 3.55. The highest BCUT2D eigenvalue weighted by atomic mass is 31.2. The van der Waals surface area contributed by atoms with Crippen LogP contribution >= 0.6 is 7.82 Å². The van der Waals surface area contributed by atoms with Crippen LogP contribution in [-0.4, -0.2) is 68.1 Å². The minimum absolute atomic E-state index is 0.00735. The number of nitrogens with zero attached hydrogens (tertiary/aromatic N) is 1. The zero-order chi connectivity index (χ0) is 22.7. The third-order valence-electron chi connectivity index (χ3n) is 4.65. The Morgan fingerprint density at radius 3 is 2.03 bits per heavy atom. The molecule has 0 aliphatic carbocycles. The Hall–Kier alpha value is -0.430. The van der Waals surface area contributed by atoms with E-state index in [9.17, 15) is 14.6 Å². The predicted molar refractivity (Wildman–Crippen MR) is 122 cm³/mol. The molecule has 0 spiro atoms. The molecule has 0 radical (unpaired) electrons. The number of phosphoric acid groups is 1. The van der Waals surface area contributed by atoms with E-state index in [2.05, 4.69) is 6.92 Å². The Morgan fingerprint density at radius 1 is 0.900 bits per heavy atom. The van der Waals surface area contributed by atoms with Gasteiger partial charge in [-0.1, -0.05) is 64.7 Å². The fourth-order valence-corrected chi connectivity index (χ4v) is 3.50. The van der Waals surface area contributed by atoms with Gasteiger partial charge >= 0.3 is 7.82 Å². The van der Waals surface area contributed by atoms with Crippen LogP contribution in [0.2, 0.25) is 0 Å². The van der Waals surface area contributed by atoms with Crippen molar-refractivity contribution in [3.8, 4) is 0 Å². The molecule has 2 N–H and O–H groups in total. The van der Waals surface area contributed by atoms with Gasteiger partial charge in [-0.05, 0) is 18.9 Å². The molecule has 0 bridgehead atoms. The Bertz CT molecular complexity index is 467. The summed E-state index contributed by atoms with van der Waals surface area (Å²) in [6.45, 7) is 2.62. The number of quaternary nitrogens is 1. The number of hydrogen-bond donors (Lipinski definition) is 2. The first kappa shape index (κ1) is 29.6. The number of hydrogen-bond acceptors (Lipinski definition) is 5. The summed E-state index contributed by atoms with van der Waals surface area (Å²) < 4.78 is 27.3. The van der Waals surface area contributed by atoms with Crippen LogP contribution in [-0.2, 0) is 18.3 Å². The molecule has 0 aliphatic rings. The maximum absolute atomic E-state index is 11.7. The quantitative estimate of drug-likeness (QED) is 0.110. The minimum Gasteiger partial charge on any atom is -0.499 e. The number of likely N-dealkylation sites (N-methyl/N-ethyl adjacent to an activating group) is 1. The van der Waals surface area contributed by atoms with Crippen LogP contribution in [0, 0.1) is 0 Å². The predicted octanol–water partition coefficient (Wildman–Crippen LogP) is 5.03. The van der Waals surface area contributed by atoms with Crippen LogP contribution in [0.15, 0.2) is 12.3 Å². The number of rotatable bonds is 21. The molecule has 0 amide bonds. The third kappa shape index (κ3) is 22.3. The van der Waals surface area contributed by atoms with Crippen molar-refractivity contribution in [1.82, 2.24) is 0 Å². The number of ether oxygens (including phenoxy) is 1. The minimum atomic E-state index is -4.15. The standard InChI is InChI=1S/C22H46NO6P/c1-5-6-7-8-9-10-11-12-13-14-15-16-18-27-20-22(24)21-29-30(25,26)28-19-17-23(2,3)4/h16,18,22,24H,5-15,17,19-21H2,1-4H3/p+1/b18-16+/t22-/m1/s1. The van der Waals surface area contributed by atoms with Crippen molar-refractivity contribution >= 4 is 7.82 Å². The molecule has 0 fully saturated rings. The van der Waals surface area contributed by atoms with Gasteiger partial charge in [0.1, 0.15) is 25.9 Å². The molecule has 0 aliphatic heterocycles. The molecule has 7 nitrogen and oxygen atoms in total. The Morgan fingerprint density at radius 2 is 1.47 bits per heavy atom. The molecule has 8 heteroatoms. The molecule has 1 unspecified atom stereocenters. The first-order chi connectivity index (χ1) is 14.2.